The van der Waals surface area contributed by atoms with Gasteiger partial charge in [0.1, 0.15) is 11.7 Å². The highest BCUT2D eigenvalue weighted by molar-refractivity contribution is 5.82. The molecule has 3 fully saturated rings. The molecule has 3 aliphatic heterocycles. The van der Waals surface area contributed by atoms with E-state index in [1.54, 1.807) is 0 Å². The van der Waals surface area contributed by atoms with Gasteiger partial charge in [0, 0.05) is 18.2 Å². The van der Waals surface area contributed by atoms with Crippen molar-refractivity contribution in [2.75, 3.05) is 26.2 Å². The van der Waals surface area contributed by atoms with Gasteiger partial charge in [0.15, 0.2) is 0 Å². The molecule has 2 saturated heterocycles. The molecule has 0 unspecified atom stereocenters. The van der Waals surface area contributed by atoms with E-state index in [1.165, 1.54) is 48.8 Å². The molecule has 186 valence electrons. The van der Waals surface area contributed by atoms with Gasteiger partial charge in [-0.1, -0.05) is 67.8 Å². The highest BCUT2D eigenvalue weighted by Gasteiger charge is 2.56. The SMILES string of the molecule is Cc1cccc2c1OCC[C@]21C[NH2+]C[C@H]1C(=O)N1CC[C@@H](c2ccccc2)C[C@H]1C1CCCCC1. The predicted molar refractivity (Wildman–Crippen MR) is 139 cm³/mol. The number of fused-ring (bicyclic) bond motifs is 2. The summed E-state index contributed by atoms with van der Waals surface area (Å²) < 4.78 is 6.16. The number of para-hydroxylation sites is 1. The molecule has 6 rings (SSSR count). The summed E-state index contributed by atoms with van der Waals surface area (Å²) in [6.07, 6.45) is 9.74. The third kappa shape index (κ3) is 4.08. The maximum absolute atomic E-state index is 14.5. The number of nitrogens with zero attached hydrogens (tertiary/aromatic N) is 1. The van der Waals surface area contributed by atoms with Gasteiger partial charge in [0.05, 0.1) is 25.1 Å². The average molecular weight is 474 g/mol. The minimum Gasteiger partial charge on any atom is -0.493 e. The van der Waals surface area contributed by atoms with E-state index in [4.69, 9.17) is 4.74 Å². The van der Waals surface area contributed by atoms with E-state index >= 15 is 0 Å². The second-order valence-corrected chi connectivity index (χ2v) is 11.6. The lowest BCUT2D eigenvalue weighted by Gasteiger charge is -2.47. The number of hydrogen-bond donors (Lipinski definition) is 1. The molecular formula is C31H41N2O2+. The molecule has 2 N–H and O–H groups in total. The van der Waals surface area contributed by atoms with Crippen LogP contribution in [0.5, 0.6) is 5.75 Å². The number of aryl methyl sites for hydroxylation is 1. The van der Waals surface area contributed by atoms with Crippen LogP contribution in [0.3, 0.4) is 0 Å². The number of benzene rings is 2. The molecule has 2 aromatic carbocycles. The molecule has 1 spiro atoms. The number of piperidine rings is 1. The van der Waals surface area contributed by atoms with E-state index in [0.29, 0.717) is 23.8 Å². The summed E-state index contributed by atoms with van der Waals surface area (Å²) in [5, 5.41) is 2.40. The number of carbonyl (C=O) groups is 1. The molecule has 0 aromatic heterocycles. The molecule has 4 atom stereocenters. The maximum atomic E-state index is 14.5. The first-order valence-electron chi connectivity index (χ1n) is 14.1. The van der Waals surface area contributed by atoms with Crippen LogP contribution >= 0.6 is 0 Å². The fourth-order valence-corrected chi connectivity index (χ4v) is 7.96. The van der Waals surface area contributed by atoms with E-state index in [2.05, 4.69) is 65.7 Å². The zero-order valence-corrected chi connectivity index (χ0v) is 21.3. The summed E-state index contributed by atoms with van der Waals surface area (Å²) >= 11 is 0. The Balaban J connectivity index is 1.31. The van der Waals surface area contributed by atoms with Crippen molar-refractivity contribution >= 4 is 5.91 Å². The molecular weight excluding hydrogens is 432 g/mol. The summed E-state index contributed by atoms with van der Waals surface area (Å²) in [6.45, 7) is 5.67. The smallest absolute Gasteiger partial charge is 0.232 e. The van der Waals surface area contributed by atoms with Gasteiger partial charge in [-0.05, 0) is 62.0 Å². The van der Waals surface area contributed by atoms with Crippen molar-refractivity contribution in [1.82, 2.24) is 4.90 Å². The van der Waals surface area contributed by atoms with Gasteiger partial charge in [0.2, 0.25) is 5.91 Å². The number of carbonyl (C=O) groups excluding carboxylic acids is 1. The summed E-state index contributed by atoms with van der Waals surface area (Å²) in [6, 6.07) is 18.0. The van der Waals surface area contributed by atoms with Crippen molar-refractivity contribution in [2.45, 2.75) is 75.7 Å². The topological polar surface area (TPSA) is 46.1 Å². The van der Waals surface area contributed by atoms with Crippen molar-refractivity contribution in [3.63, 3.8) is 0 Å². The predicted octanol–water partition coefficient (Wildman–Crippen LogP) is 4.56. The van der Waals surface area contributed by atoms with Gasteiger partial charge >= 0.3 is 0 Å². The summed E-state index contributed by atoms with van der Waals surface area (Å²) in [5.41, 5.74) is 3.84. The first-order valence-corrected chi connectivity index (χ1v) is 14.1. The highest BCUT2D eigenvalue weighted by Crippen LogP contribution is 2.47. The van der Waals surface area contributed by atoms with Crippen LogP contribution < -0.4 is 10.1 Å². The molecule has 4 nitrogen and oxygen atoms in total. The Labute approximate surface area is 210 Å². The van der Waals surface area contributed by atoms with Gasteiger partial charge in [0.25, 0.3) is 0 Å². The van der Waals surface area contributed by atoms with Gasteiger partial charge < -0.3 is 15.0 Å². The molecule has 1 aliphatic carbocycles. The summed E-state index contributed by atoms with van der Waals surface area (Å²) in [4.78, 5) is 16.9. The van der Waals surface area contributed by atoms with E-state index in [9.17, 15) is 4.79 Å². The number of hydrogen-bond acceptors (Lipinski definition) is 2. The van der Waals surface area contributed by atoms with Crippen LogP contribution in [0.25, 0.3) is 0 Å². The minimum absolute atomic E-state index is 0.0475. The van der Waals surface area contributed by atoms with Crippen LogP contribution in [0.1, 0.15) is 74.0 Å². The number of rotatable bonds is 3. The first kappa shape index (κ1) is 23.1. The summed E-state index contributed by atoms with van der Waals surface area (Å²) in [5.74, 6) is 2.74. The number of likely N-dealkylation sites (tertiary alicyclic amines) is 1. The second kappa shape index (κ2) is 9.61. The fourth-order valence-electron chi connectivity index (χ4n) is 7.96. The van der Waals surface area contributed by atoms with E-state index < -0.39 is 0 Å². The fraction of sp³-hybridized carbons (Fsp3) is 0.581. The zero-order chi connectivity index (χ0) is 23.8. The van der Waals surface area contributed by atoms with Crippen molar-refractivity contribution in [3.8, 4) is 5.75 Å². The Morgan fingerprint density at radius 3 is 2.69 bits per heavy atom. The van der Waals surface area contributed by atoms with Crippen LogP contribution in [0.4, 0.5) is 0 Å². The average Bonchev–Trinajstić information content (AvgIpc) is 3.33. The van der Waals surface area contributed by atoms with Crippen molar-refractivity contribution in [1.29, 1.82) is 0 Å². The quantitative estimate of drug-likeness (QED) is 0.710. The molecule has 0 radical (unpaired) electrons. The Bertz CT molecular complexity index is 1050. The highest BCUT2D eigenvalue weighted by atomic mass is 16.5. The zero-order valence-electron chi connectivity index (χ0n) is 21.3. The molecule has 0 bridgehead atoms. The largest absolute Gasteiger partial charge is 0.493 e. The monoisotopic (exact) mass is 473 g/mol. The Kier molecular flexibility index (Phi) is 6.34. The van der Waals surface area contributed by atoms with Crippen LogP contribution in [0.15, 0.2) is 48.5 Å². The summed E-state index contributed by atoms with van der Waals surface area (Å²) in [7, 11) is 0. The third-order valence-electron chi connectivity index (χ3n) is 9.81. The van der Waals surface area contributed by atoms with Crippen LogP contribution in [0.2, 0.25) is 0 Å². The lowest BCUT2D eigenvalue weighted by molar-refractivity contribution is -0.640. The van der Waals surface area contributed by atoms with Gasteiger partial charge in [-0.3, -0.25) is 4.79 Å². The molecule has 3 heterocycles. The number of amides is 1. The molecule has 1 amide bonds. The van der Waals surface area contributed by atoms with Crippen molar-refractivity contribution in [3.05, 3.63) is 65.2 Å². The number of nitrogens with two attached hydrogens (primary N) is 1. The van der Waals surface area contributed by atoms with E-state index in [1.807, 2.05) is 0 Å². The standard InChI is InChI=1S/C31H40N2O2/c1-22-9-8-14-26-29(22)35-18-16-31(26)21-32-20-27(31)30(34)33-17-15-25(23-10-4-2-5-11-23)19-28(33)24-12-6-3-7-13-24/h2,4-5,8-11,14,24-25,27-28,32H,3,6-7,12-13,15-21H2,1H3/p+1/t25-,27+,28+,31+/m1/s1. The lowest BCUT2D eigenvalue weighted by Crippen LogP contribution is -2.82. The second-order valence-electron chi connectivity index (χ2n) is 11.6. The van der Waals surface area contributed by atoms with Gasteiger partial charge in [-0.2, -0.15) is 0 Å². The molecule has 35 heavy (non-hydrogen) atoms. The first-order chi connectivity index (χ1) is 17.2. The minimum atomic E-state index is -0.0932. The van der Waals surface area contributed by atoms with Gasteiger partial charge in [-0.15, -0.1) is 0 Å². The normalized spacial score (nSPS) is 31.2. The van der Waals surface area contributed by atoms with Crippen molar-refractivity contribution in [2.24, 2.45) is 11.8 Å². The Hall–Kier alpha value is -2.33. The molecule has 2 aromatic rings. The Morgan fingerprint density at radius 2 is 1.86 bits per heavy atom. The van der Waals surface area contributed by atoms with Crippen LogP contribution in [-0.4, -0.2) is 43.1 Å². The van der Waals surface area contributed by atoms with Crippen LogP contribution in [0, 0.1) is 18.8 Å². The molecule has 1 saturated carbocycles. The maximum Gasteiger partial charge on any atom is 0.232 e. The number of ether oxygens (including phenoxy) is 1. The van der Waals surface area contributed by atoms with E-state index in [0.717, 1.165) is 51.3 Å². The van der Waals surface area contributed by atoms with Crippen molar-refractivity contribution < 1.29 is 14.8 Å². The van der Waals surface area contributed by atoms with E-state index in [-0.39, 0.29) is 11.3 Å². The third-order valence-corrected chi connectivity index (χ3v) is 9.81. The Morgan fingerprint density at radius 1 is 1.03 bits per heavy atom. The van der Waals surface area contributed by atoms with Crippen LogP contribution in [-0.2, 0) is 10.2 Å². The lowest BCUT2D eigenvalue weighted by atomic mass is 9.67. The number of quaternary nitrogens is 1. The van der Waals surface area contributed by atoms with Gasteiger partial charge in [-0.25, -0.2) is 0 Å². The molecule has 4 aliphatic rings. The molecule has 4 heteroatoms.